The minimum Gasteiger partial charge on any atom is -0.355 e. The maximum Gasteiger partial charge on any atom is 0.0846 e. The van der Waals surface area contributed by atoms with Crippen molar-refractivity contribution in [3.05, 3.63) is 0 Å². The smallest absolute Gasteiger partial charge is 0.0846 e. The molecule has 1 heteroatoms. The van der Waals surface area contributed by atoms with Gasteiger partial charge >= 0.3 is 0 Å². The molecule has 3 N–H and O–H groups in total. The molecule has 0 spiro atoms. The second-order valence-electron chi connectivity index (χ2n) is 2.85. The van der Waals surface area contributed by atoms with Gasteiger partial charge in [-0.15, -0.1) is 0 Å². The van der Waals surface area contributed by atoms with E-state index < -0.39 is 0 Å². The van der Waals surface area contributed by atoms with Crippen molar-refractivity contribution in [3.8, 4) is 0 Å². The van der Waals surface area contributed by atoms with Crippen LogP contribution in [0.15, 0.2) is 0 Å². The van der Waals surface area contributed by atoms with E-state index in [1.807, 2.05) is 0 Å². The van der Waals surface area contributed by atoms with Gasteiger partial charge in [-0.1, -0.05) is 6.92 Å². The first-order chi connectivity index (χ1) is 3.22. The number of quaternary nitrogens is 1. The van der Waals surface area contributed by atoms with Crippen molar-refractivity contribution >= 4 is 0 Å². The standard InChI is InChI=1S/C6H13N/c1-4-3-6(4)5(2)7/h4-6H,3,7H2,1-2H3/p+1. The Morgan fingerprint density at radius 3 is 2.14 bits per heavy atom. The molecule has 42 valence electrons. The maximum absolute atomic E-state index is 3.95. The average molecular weight is 100 g/mol. The van der Waals surface area contributed by atoms with Crippen molar-refractivity contribution in [2.45, 2.75) is 26.3 Å². The quantitative estimate of drug-likeness (QED) is 0.490. The second kappa shape index (κ2) is 1.48. The molecule has 0 aliphatic heterocycles. The summed E-state index contributed by atoms with van der Waals surface area (Å²) in [5, 5.41) is 0. The van der Waals surface area contributed by atoms with Crippen LogP contribution in [0.2, 0.25) is 0 Å². The van der Waals surface area contributed by atoms with Crippen molar-refractivity contribution in [1.29, 1.82) is 0 Å². The monoisotopic (exact) mass is 100 g/mol. The van der Waals surface area contributed by atoms with Gasteiger partial charge in [-0.3, -0.25) is 0 Å². The first kappa shape index (κ1) is 5.10. The van der Waals surface area contributed by atoms with Crippen LogP contribution in [0.4, 0.5) is 0 Å². The molecule has 3 atom stereocenters. The Labute approximate surface area is 44.9 Å². The fourth-order valence-electron chi connectivity index (χ4n) is 1.14. The van der Waals surface area contributed by atoms with Crippen molar-refractivity contribution in [2.75, 3.05) is 0 Å². The fourth-order valence-corrected chi connectivity index (χ4v) is 1.14. The van der Waals surface area contributed by atoms with Gasteiger partial charge in [-0.05, 0) is 19.3 Å². The zero-order valence-electron chi connectivity index (χ0n) is 5.15. The van der Waals surface area contributed by atoms with Gasteiger partial charge in [0, 0.05) is 5.92 Å². The third-order valence-corrected chi connectivity index (χ3v) is 1.90. The van der Waals surface area contributed by atoms with Crippen LogP contribution in [-0.4, -0.2) is 6.04 Å². The van der Waals surface area contributed by atoms with Crippen molar-refractivity contribution < 1.29 is 5.73 Å². The molecule has 7 heavy (non-hydrogen) atoms. The van der Waals surface area contributed by atoms with E-state index in [9.17, 15) is 0 Å². The molecule has 1 aliphatic rings. The summed E-state index contributed by atoms with van der Waals surface area (Å²) in [4.78, 5) is 0. The lowest BCUT2D eigenvalue weighted by Crippen LogP contribution is -2.60. The molecule has 1 fully saturated rings. The minimum absolute atomic E-state index is 0.690. The van der Waals surface area contributed by atoms with Gasteiger partial charge in [0.1, 0.15) is 0 Å². The number of hydrogen-bond donors (Lipinski definition) is 1. The highest BCUT2D eigenvalue weighted by Gasteiger charge is 2.37. The van der Waals surface area contributed by atoms with Crippen LogP contribution < -0.4 is 5.73 Å². The van der Waals surface area contributed by atoms with E-state index in [1.54, 1.807) is 0 Å². The average Bonchev–Trinajstić information content (AvgIpc) is 2.17. The Hall–Kier alpha value is -0.0400. The number of hydrogen-bond acceptors (Lipinski definition) is 0. The predicted molar refractivity (Wildman–Crippen MR) is 29.6 cm³/mol. The van der Waals surface area contributed by atoms with Crippen LogP contribution >= 0.6 is 0 Å². The normalized spacial score (nSPS) is 43.3. The number of rotatable bonds is 1. The third-order valence-electron chi connectivity index (χ3n) is 1.90. The molecule has 0 bridgehead atoms. The summed E-state index contributed by atoms with van der Waals surface area (Å²) >= 11 is 0. The van der Waals surface area contributed by atoms with Crippen molar-refractivity contribution in [3.63, 3.8) is 0 Å². The highest BCUT2D eigenvalue weighted by Crippen LogP contribution is 2.38. The lowest BCUT2D eigenvalue weighted by atomic mass is 10.2. The molecule has 1 rings (SSSR count). The lowest BCUT2D eigenvalue weighted by molar-refractivity contribution is -0.420. The van der Waals surface area contributed by atoms with E-state index in [0.29, 0.717) is 6.04 Å². The highest BCUT2D eigenvalue weighted by molar-refractivity contribution is 4.85. The SMILES string of the molecule is CC([NH3+])C1CC1C. The van der Waals surface area contributed by atoms with Gasteiger partial charge in [0.05, 0.1) is 6.04 Å². The summed E-state index contributed by atoms with van der Waals surface area (Å²) in [5.41, 5.74) is 3.95. The third kappa shape index (κ3) is 0.942. The van der Waals surface area contributed by atoms with Crippen LogP contribution in [0.25, 0.3) is 0 Å². The largest absolute Gasteiger partial charge is 0.355 e. The first-order valence-corrected chi connectivity index (χ1v) is 3.05. The second-order valence-corrected chi connectivity index (χ2v) is 2.85. The molecule has 1 nitrogen and oxygen atoms in total. The van der Waals surface area contributed by atoms with Gasteiger partial charge in [0.2, 0.25) is 0 Å². The van der Waals surface area contributed by atoms with Gasteiger partial charge in [0.15, 0.2) is 0 Å². The molecular weight excluding hydrogens is 86.1 g/mol. The molecule has 1 saturated carbocycles. The van der Waals surface area contributed by atoms with Gasteiger partial charge in [0.25, 0.3) is 0 Å². The summed E-state index contributed by atoms with van der Waals surface area (Å²) in [5.74, 6) is 1.94. The Morgan fingerprint density at radius 1 is 1.71 bits per heavy atom. The fraction of sp³-hybridized carbons (Fsp3) is 1.00. The molecule has 3 unspecified atom stereocenters. The molecular formula is C6H14N+. The molecule has 1 aliphatic carbocycles. The van der Waals surface area contributed by atoms with E-state index in [1.165, 1.54) is 6.42 Å². The molecule has 0 aromatic carbocycles. The highest BCUT2D eigenvalue weighted by atomic mass is 14.7. The first-order valence-electron chi connectivity index (χ1n) is 3.05. The van der Waals surface area contributed by atoms with Gasteiger partial charge in [-0.2, -0.15) is 0 Å². The molecule has 0 aromatic rings. The van der Waals surface area contributed by atoms with Gasteiger partial charge < -0.3 is 5.73 Å². The summed E-state index contributed by atoms with van der Waals surface area (Å²) in [7, 11) is 0. The van der Waals surface area contributed by atoms with Gasteiger partial charge in [-0.25, -0.2) is 0 Å². The Balaban J connectivity index is 2.20. The predicted octanol–water partition coefficient (Wildman–Crippen LogP) is 0.273. The molecule has 0 aromatic heterocycles. The van der Waals surface area contributed by atoms with E-state index >= 15 is 0 Å². The molecule has 0 saturated heterocycles. The van der Waals surface area contributed by atoms with E-state index in [0.717, 1.165) is 11.8 Å². The molecule has 0 heterocycles. The Bertz CT molecular complexity index is 68.6. The van der Waals surface area contributed by atoms with Crippen LogP contribution in [0.3, 0.4) is 0 Å². The van der Waals surface area contributed by atoms with Crippen LogP contribution in [0.1, 0.15) is 20.3 Å². The van der Waals surface area contributed by atoms with E-state index in [-0.39, 0.29) is 0 Å². The van der Waals surface area contributed by atoms with Crippen molar-refractivity contribution in [1.82, 2.24) is 0 Å². The van der Waals surface area contributed by atoms with Crippen molar-refractivity contribution in [2.24, 2.45) is 11.8 Å². The summed E-state index contributed by atoms with van der Waals surface area (Å²) in [6.45, 7) is 4.50. The maximum atomic E-state index is 3.95. The van der Waals surface area contributed by atoms with Crippen LogP contribution in [0.5, 0.6) is 0 Å². The summed E-state index contributed by atoms with van der Waals surface area (Å²) in [6, 6.07) is 0.690. The lowest BCUT2D eigenvalue weighted by Gasteiger charge is -1.93. The Kier molecular flexibility index (Phi) is 1.08. The Morgan fingerprint density at radius 2 is 2.14 bits per heavy atom. The zero-order valence-corrected chi connectivity index (χ0v) is 5.15. The molecule has 0 amide bonds. The zero-order chi connectivity index (χ0) is 5.44. The van der Waals surface area contributed by atoms with E-state index in [4.69, 9.17) is 0 Å². The van der Waals surface area contributed by atoms with Crippen LogP contribution in [-0.2, 0) is 0 Å². The van der Waals surface area contributed by atoms with E-state index in [2.05, 4.69) is 19.6 Å². The molecule has 0 radical (unpaired) electrons. The summed E-state index contributed by atoms with van der Waals surface area (Å²) < 4.78 is 0. The topological polar surface area (TPSA) is 27.6 Å². The minimum atomic E-state index is 0.690. The van der Waals surface area contributed by atoms with Crippen LogP contribution in [0, 0.1) is 11.8 Å². The summed E-state index contributed by atoms with van der Waals surface area (Å²) in [6.07, 6.45) is 1.42.